The maximum Gasteiger partial charge on any atom is 0.251 e. The molecule has 4 nitrogen and oxygen atoms in total. The highest BCUT2D eigenvalue weighted by Crippen LogP contribution is 2.15. The van der Waals surface area contributed by atoms with Crippen LogP contribution in [0.15, 0.2) is 22.7 Å². The molecule has 0 radical (unpaired) electrons. The Kier molecular flexibility index (Phi) is 5.15. The van der Waals surface area contributed by atoms with Crippen molar-refractivity contribution in [2.45, 2.75) is 13.3 Å². The summed E-state index contributed by atoms with van der Waals surface area (Å²) in [6, 6.07) is 5.49. The Balaban J connectivity index is 2.55. The zero-order valence-corrected chi connectivity index (χ0v) is 11.4. The summed E-state index contributed by atoms with van der Waals surface area (Å²) >= 11 is 3.34. The Labute approximate surface area is 109 Å². The second kappa shape index (κ2) is 6.39. The van der Waals surface area contributed by atoms with E-state index in [1.54, 1.807) is 19.2 Å². The van der Waals surface area contributed by atoms with E-state index in [1.165, 1.54) is 0 Å². The molecule has 17 heavy (non-hydrogen) atoms. The number of carbonyl (C=O) groups is 2. The van der Waals surface area contributed by atoms with E-state index in [0.29, 0.717) is 12.1 Å². The number of carbonyl (C=O) groups excluding carboxylic acids is 2. The van der Waals surface area contributed by atoms with Crippen molar-refractivity contribution in [1.82, 2.24) is 10.6 Å². The summed E-state index contributed by atoms with van der Waals surface area (Å²) in [5, 5.41) is 5.20. The number of rotatable bonds is 4. The van der Waals surface area contributed by atoms with Crippen LogP contribution < -0.4 is 10.6 Å². The zero-order chi connectivity index (χ0) is 12.8. The largest absolute Gasteiger partial charge is 0.359 e. The van der Waals surface area contributed by atoms with Gasteiger partial charge in [0.15, 0.2) is 0 Å². The lowest BCUT2D eigenvalue weighted by Crippen LogP contribution is -2.29. The molecule has 0 unspecified atom stereocenters. The fraction of sp³-hybridized carbons (Fsp3) is 0.333. The third-order valence-corrected chi connectivity index (χ3v) is 2.68. The van der Waals surface area contributed by atoms with Crippen LogP contribution in [0.1, 0.15) is 22.3 Å². The van der Waals surface area contributed by atoms with Crippen LogP contribution in [0.2, 0.25) is 0 Å². The van der Waals surface area contributed by atoms with Gasteiger partial charge in [-0.05, 0) is 30.7 Å². The first kappa shape index (κ1) is 13.7. The lowest BCUT2D eigenvalue weighted by molar-refractivity contribution is -0.120. The van der Waals surface area contributed by atoms with E-state index in [-0.39, 0.29) is 18.2 Å². The van der Waals surface area contributed by atoms with Crippen molar-refractivity contribution in [2.24, 2.45) is 0 Å². The van der Waals surface area contributed by atoms with Crippen molar-refractivity contribution in [3.05, 3.63) is 33.8 Å². The van der Waals surface area contributed by atoms with Crippen LogP contribution in [0.4, 0.5) is 0 Å². The standard InChI is InChI=1S/C12H15BrN2O2/c1-8-5-9(7-10(13)6-8)12(17)15-4-3-11(16)14-2/h5-7H,3-4H2,1-2H3,(H,14,16)(H,15,17). The quantitative estimate of drug-likeness (QED) is 0.887. The summed E-state index contributed by atoms with van der Waals surface area (Å²) < 4.78 is 0.869. The molecular weight excluding hydrogens is 284 g/mol. The molecule has 0 aliphatic carbocycles. The lowest BCUT2D eigenvalue weighted by atomic mass is 10.1. The van der Waals surface area contributed by atoms with Crippen molar-refractivity contribution >= 4 is 27.7 Å². The van der Waals surface area contributed by atoms with Crippen LogP contribution in [0, 0.1) is 6.92 Å². The Morgan fingerprint density at radius 2 is 2.00 bits per heavy atom. The van der Waals surface area contributed by atoms with Gasteiger partial charge in [-0.3, -0.25) is 9.59 Å². The Morgan fingerprint density at radius 3 is 2.59 bits per heavy atom. The van der Waals surface area contributed by atoms with Gasteiger partial charge >= 0.3 is 0 Å². The van der Waals surface area contributed by atoms with Gasteiger partial charge < -0.3 is 10.6 Å². The molecule has 2 N–H and O–H groups in total. The average Bonchev–Trinajstić information content (AvgIpc) is 2.27. The van der Waals surface area contributed by atoms with Crippen LogP contribution in [-0.4, -0.2) is 25.4 Å². The van der Waals surface area contributed by atoms with Crippen LogP contribution in [0.5, 0.6) is 0 Å². The monoisotopic (exact) mass is 298 g/mol. The van der Waals surface area contributed by atoms with E-state index in [1.807, 2.05) is 13.0 Å². The summed E-state index contributed by atoms with van der Waals surface area (Å²) in [6.07, 6.45) is 0.287. The molecule has 0 aliphatic heterocycles. The molecule has 2 amide bonds. The Bertz CT molecular complexity index is 412. The molecular formula is C12H15BrN2O2. The van der Waals surface area contributed by atoms with E-state index in [4.69, 9.17) is 0 Å². The van der Waals surface area contributed by atoms with E-state index in [2.05, 4.69) is 26.6 Å². The number of hydrogen-bond acceptors (Lipinski definition) is 2. The van der Waals surface area contributed by atoms with Crippen LogP contribution in [-0.2, 0) is 4.79 Å². The predicted octanol–water partition coefficient (Wildman–Crippen LogP) is 1.62. The number of amides is 2. The van der Waals surface area contributed by atoms with Crippen LogP contribution >= 0.6 is 15.9 Å². The van der Waals surface area contributed by atoms with Gasteiger partial charge in [0.25, 0.3) is 5.91 Å². The van der Waals surface area contributed by atoms with Crippen molar-refractivity contribution in [1.29, 1.82) is 0 Å². The summed E-state index contributed by atoms with van der Waals surface area (Å²) in [5.74, 6) is -0.256. The highest BCUT2D eigenvalue weighted by atomic mass is 79.9. The summed E-state index contributed by atoms with van der Waals surface area (Å²) in [6.45, 7) is 2.26. The van der Waals surface area contributed by atoms with Gasteiger partial charge in [0.1, 0.15) is 0 Å². The van der Waals surface area contributed by atoms with Crippen LogP contribution in [0.3, 0.4) is 0 Å². The van der Waals surface area contributed by atoms with Crippen LogP contribution in [0.25, 0.3) is 0 Å². The van der Waals surface area contributed by atoms with E-state index in [9.17, 15) is 9.59 Å². The fourth-order valence-electron chi connectivity index (χ4n) is 1.38. The molecule has 0 aliphatic rings. The minimum absolute atomic E-state index is 0.0873. The van der Waals surface area contributed by atoms with Crippen molar-refractivity contribution < 1.29 is 9.59 Å². The molecule has 0 heterocycles. The molecule has 92 valence electrons. The van der Waals surface area contributed by atoms with Crippen molar-refractivity contribution in [3.63, 3.8) is 0 Å². The molecule has 0 atom stereocenters. The van der Waals surface area contributed by atoms with Gasteiger partial charge in [-0.2, -0.15) is 0 Å². The predicted molar refractivity (Wildman–Crippen MR) is 69.9 cm³/mol. The summed E-state index contributed by atoms with van der Waals surface area (Å²) in [5.41, 5.74) is 1.60. The van der Waals surface area contributed by atoms with Crippen molar-refractivity contribution in [2.75, 3.05) is 13.6 Å². The van der Waals surface area contributed by atoms with Gasteiger partial charge in [0, 0.05) is 30.0 Å². The molecule has 1 aromatic rings. The molecule has 0 bridgehead atoms. The van der Waals surface area contributed by atoms with Gasteiger partial charge in [-0.1, -0.05) is 15.9 Å². The third-order valence-electron chi connectivity index (χ3n) is 2.22. The first-order valence-corrected chi connectivity index (χ1v) is 6.08. The minimum atomic E-state index is -0.168. The summed E-state index contributed by atoms with van der Waals surface area (Å²) in [7, 11) is 1.57. The maximum absolute atomic E-state index is 11.8. The number of aryl methyl sites for hydroxylation is 1. The van der Waals surface area contributed by atoms with E-state index < -0.39 is 0 Å². The number of benzene rings is 1. The highest BCUT2D eigenvalue weighted by Gasteiger charge is 2.07. The average molecular weight is 299 g/mol. The smallest absolute Gasteiger partial charge is 0.251 e. The van der Waals surface area contributed by atoms with Gasteiger partial charge in [0.2, 0.25) is 5.91 Å². The van der Waals surface area contributed by atoms with Crippen molar-refractivity contribution in [3.8, 4) is 0 Å². The number of halogens is 1. The topological polar surface area (TPSA) is 58.2 Å². The molecule has 1 aromatic carbocycles. The molecule has 0 saturated carbocycles. The molecule has 5 heteroatoms. The maximum atomic E-state index is 11.8. The highest BCUT2D eigenvalue weighted by molar-refractivity contribution is 9.10. The lowest BCUT2D eigenvalue weighted by Gasteiger charge is -2.06. The SMILES string of the molecule is CNC(=O)CCNC(=O)c1cc(C)cc(Br)c1. The van der Waals surface area contributed by atoms with Gasteiger partial charge in [-0.15, -0.1) is 0 Å². The number of hydrogen-bond donors (Lipinski definition) is 2. The summed E-state index contributed by atoms with van der Waals surface area (Å²) in [4.78, 5) is 22.7. The van der Waals surface area contributed by atoms with Gasteiger partial charge in [0.05, 0.1) is 0 Å². The first-order chi connectivity index (χ1) is 8.02. The first-order valence-electron chi connectivity index (χ1n) is 5.29. The third kappa shape index (κ3) is 4.56. The second-order valence-electron chi connectivity index (χ2n) is 3.70. The van der Waals surface area contributed by atoms with Gasteiger partial charge in [-0.25, -0.2) is 0 Å². The molecule has 0 aromatic heterocycles. The van der Waals surface area contributed by atoms with E-state index in [0.717, 1.165) is 10.0 Å². The van der Waals surface area contributed by atoms with E-state index >= 15 is 0 Å². The molecule has 0 saturated heterocycles. The molecule has 1 rings (SSSR count). The minimum Gasteiger partial charge on any atom is -0.359 e. The Morgan fingerprint density at radius 1 is 1.29 bits per heavy atom. The second-order valence-corrected chi connectivity index (χ2v) is 4.61. The normalized spacial score (nSPS) is 9.82. The fourth-order valence-corrected chi connectivity index (χ4v) is 1.99. The molecule has 0 fully saturated rings. The number of nitrogens with one attached hydrogen (secondary N) is 2. The Hall–Kier alpha value is -1.36. The molecule has 0 spiro atoms. The zero-order valence-electron chi connectivity index (χ0n) is 9.84.